The average Bonchev–Trinajstić information content (AvgIpc) is 3.75. The van der Waals surface area contributed by atoms with Gasteiger partial charge in [-0.15, -0.1) is 11.3 Å². The number of amides is 5. The molecule has 1 atom stereocenters. The number of imide groups is 2. The highest BCUT2D eigenvalue weighted by Crippen LogP contribution is 2.42. The van der Waals surface area contributed by atoms with Gasteiger partial charge in [-0.1, -0.05) is 12.1 Å². The minimum absolute atomic E-state index is 0.0672. The minimum Gasteiger partial charge on any atom is -0.386 e. The second-order valence-corrected chi connectivity index (χ2v) is 17.8. The Morgan fingerprint density at radius 3 is 2.35 bits per heavy atom. The molecule has 3 aliphatic heterocycles. The molecule has 4 aliphatic rings. The van der Waals surface area contributed by atoms with E-state index in [1.54, 1.807) is 44.2 Å². The molecule has 2 aromatic heterocycles. The normalized spacial score (nSPS) is 22.0. The molecule has 17 heteroatoms. The fourth-order valence-corrected chi connectivity index (χ4v) is 10.2. The third-order valence-electron chi connectivity index (χ3n) is 12.3. The number of fused-ring (bicyclic) bond motifs is 2. The van der Waals surface area contributed by atoms with Gasteiger partial charge in [-0.05, 0) is 121 Å². The first-order valence-electron chi connectivity index (χ1n) is 20.4. The quantitative estimate of drug-likeness (QED) is 0.124. The first kappa shape index (κ1) is 41.5. The molecule has 3 fully saturated rings. The highest BCUT2D eigenvalue weighted by molar-refractivity contribution is 7.18. The molecule has 2 saturated heterocycles. The Labute approximate surface area is 348 Å². The van der Waals surface area contributed by atoms with Gasteiger partial charge in [0, 0.05) is 41.9 Å². The van der Waals surface area contributed by atoms with E-state index >= 15 is 0 Å². The molecule has 1 unspecified atom stereocenters. The summed E-state index contributed by atoms with van der Waals surface area (Å²) in [5.74, 6) is -2.14. The smallest absolute Gasteiger partial charge is 0.386 e. The molecular weight excluding hydrogens is 800 g/mol. The molecule has 0 spiro atoms. The van der Waals surface area contributed by atoms with Gasteiger partial charge in [0.1, 0.15) is 17.4 Å². The van der Waals surface area contributed by atoms with Gasteiger partial charge in [-0.25, -0.2) is 9.97 Å². The second kappa shape index (κ2) is 16.3. The largest absolute Gasteiger partial charge is 0.433 e. The summed E-state index contributed by atoms with van der Waals surface area (Å²) in [6.45, 7) is 5.78. The lowest BCUT2D eigenvalue weighted by molar-refractivity contribution is -0.141. The van der Waals surface area contributed by atoms with Crippen LogP contribution in [0.4, 0.5) is 24.5 Å². The van der Waals surface area contributed by atoms with Gasteiger partial charge in [0.15, 0.2) is 0 Å². The lowest BCUT2D eigenvalue weighted by Gasteiger charge is -2.40. The maximum Gasteiger partial charge on any atom is 0.433 e. The van der Waals surface area contributed by atoms with Gasteiger partial charge in [-0.2, -0.15) is 13.2 Å². The van der Waals surface area contributed by atoms with Crippen molar-refractivity contribution in [1.29, 1.82) is 0 Å². The molecule has 316 valence electrons. The fraction of sp³-hybridized carbons (Fsp3) is 0.465. The van der Waals surface area contributed by atoms with Crippen LogP contribution in [0.2, 0.25) is 0 Å². The molecule has 5 amide bonds. The summed E-state index contributed by atoms with van der Waals surface area (Å²) in [6, 6.07) is 11.2. The molecule has 4 N–H and O–H groups in total. The number of carbonyl (C=O) groups excluding carboxylic acids is 5. The highest BCUT2D eigenvalue weighted by atomic mass is 32.1. The van der Waals surface area contributed by atoms with E-state index < -0.39 is 53.0 Å². The molecule has 13 nitrogen and oxygen atoms in total. The minimum atomic E-state index is -4.70. The van der Waals surface area contributed by atoms with Crippen molar-refractivity contribution in [2.24, 2.45) is 5.92 Å². The van der Waals surface area contributed by atoms with Crippen molar-refractivity contribution < 1.29 is 42.3 Å². The monoisotopic (exact) mass is 845 g/mol. The van der Waals surface area contributed by atoms with Crippen LogP contribution in [0.25, 0.3) is 10.2 Å². The topological polar surface area (TPSA) is 174 Å². The Hall–Kier alpha value is -5.26. The van der Waals surface area contributed by atoms with Crippen LogP contribution in [-0.2, 0) is 21.4 Å². The summed E-state index contributed by atoms with van der Waals surface area (Å²) >= 11 is 1.53. The molecule has 1 saturated carbocycles. The van der Waals surface area contributed by atoms with Crippen LogP contribution in [-0.4, -0.2) is 86.1 Å². The zero-order chi connectivity index (χ0) is 42.5. The van der Waals surface area contributed by atoms with Gasteiger partial charge in [-0.3, -0.25) is 34.2 Å². The number of piperidine rings is 2. The number of rotatable bonds is 10. The van der Waals surface area contributed by atoms with Gasteiger partial charge in [0.25, 0.3) is 17.7 Å². The Bertz CT molecular complexity index is 2360. The van der Waals surface area contributed by atoms with E-state index in [1.165, 1.54) is 17.4 Å². The van der Waals surface area contributed by atoms with Crippen molar-refractivity contribution in [3.8, 4) is 0 Å². The van der Waals surface area contributed by atoms with Crippen molar-refractivity contribution in [3.63, 3.8) is 0 Å². The van der Waals surface area contributed by atoms with Gasteiger partial charge < -0.3 is 20.6 Å². The van der Waals surface area contributed by atoms with Crippen LogP contribution in [0.5, 0.6) is 0 Å². The number of nitrogens with one attached hydrogen (secondary N) is 3. The van der Waals surface area contributed by atoms with Crippen molar-refractivity contribution in [1.82, 2.24) is 25.1 Å². The summed E-state index contributed by atoms with van der Waals surface area (Å²) in [7, 11) is 0. The predicted octanol–water partition coefficient (Wildman–Crippen LogP) is 6.83. The summed E-state index contributed by atoms with van der Waals surface area (Å²) < 4.78 is 40.6. The number of benzene rings is 2. The van der Waals surface area contributed by atoms with Gasteiger partial charge in [0.2, 0.25) is 11.8 Å². The maximum atomic E-state index is 13.5. The number of thiazole rings is 1. The first-order chi connectivity index (χ1) is 28.5. The molecule has 0 radical (unpaired) electrons. The molecule has 60 heavy (non-hydrogen) atoms. The highest BCUT2D eigenvalue weighted by Gasteiger charge is 2.45. The zero-order valence-electron chi connectivity index (χ0n) is 33.2. The molecule has 1 aliphatic carbocycles. The number of likely N-dealkylation sites (tertiary alicyclic amines) is 1. The van der Waals surface area contributed by atoms with Crippen LogP contribution < -0.4 is 16.0 Å². The number of alkyl halides is 3. The lowest BCUT2D eigenvalue weighted by Crippen LogP contribution is -2.54. The van der Waals surface area contributed by atoms with E-state index in [0.29, 0.717) is 35.3 Å². The van der Waals surface area contributed by atoms with Crippen LogP contribution >= 0.6 is 11.3 Å². The van der Waals surface area contributed by atoms with Gasteiger partial charge >= 0.3 is 6.18 Å². The van der Waals surface area contributed by atoms with E-state index in [-0.39, 0.29) is 41.3 Å². The number of aromatic nitrogens is 2. The second-order valence-electron chi connectivity index (χ2n) is 16.7. The number of anilines is 2. The van der Waals surface area contributed by atoms with Crippen molar-refractivity contribution in [2.45, 2.75) is 101 Å². The van der Waals surface area contributed by atoms with Crippen LogP contribution in [0.3, 0.4) is 0 Å². The Morgan fingerprint density at radius 1 is 0.917 bits per heavy atom. The maximum absolute atomic E-state index is 13.5. The Morgan fingerprint density at radius 2 is 1.65 bits per heavy atom. The van der Waals surface area contributed by atoms with Gasteiger partial charge in [0.05, 0.1) is 32.0 Å². The SMILES string of the molecule is CC(C)(O)c1cc2nc([C@H]3CC[C@@H](N4CCC(CCNc5cccc6c5C(=O)N(C5CCC(=O)NC5=O)C6=O)CC4)CC3)sc2cc1NC(=O)c1cccc(C(F)(F)F)n1. The third kappa shape index (κ3) is 8.39. The number of halogens is 3. The fourth-order valence-electron chi connectivity index (χ4n) is 9.05. The van der Waals surface area contributed by atoms with Crippen molar-refractivity contribution >= 4 is 62.5 Å². The number of hydrogen-bond acceptors (Lipinski definition) is 11. The first-order valence-corrected chi connectivity index (χ1v) is 21.2. The van der Waals surface area contributed by atoms with E-state index in [0.717, 1.165) is 84.8 Å². The van der Waals surface area contributed by atoms with Crippen LogP contribution in [0.1, 0.15) is 125 Å². The van der Waals surface area contributed by atoms with Crippen LogP contribution in [0, 0.1) is 5.92 Å². The summed E-state index contributed by atoms with van der Waals surface area (Å²) in [4.78, 5) is 75.9. The van der Waals surface area contributed by atoms with E-state index in [2.05, 4.69) is 25.8 Å². The number of aliphatic hydroxyl groups is 1. The van der Waals surface area contributed by atoms with Crippen molar-refractivity contribution in [3.05, 3.63) is 81.6 Å². The lowest BCUT2D eigenvalue weighted by atomic mass is 9.84. The number of hydrogen-bond donors (Lipinski definition) is 4. The molecule has 0 bridgehead atoms. The number of pyridine rings is 1. The zero-order valence-corrected chi connectivity index (χ0v) is 34.0. The summed E-state index contributed by atoms with van der Waals surface area (Å²) in [6.07, 6.45) is 2.51. The summed E-state index contributed by atoms with van der Waals surface area (Å²) in [5, 5.41) is 20.3. The third-order valence-corrected chi connectivity index (χ3v) is 13.5. The van der Waals surface area contributed by atoms with Crippen LogP contribution in [0.15, 0.2) is 48.5 Å². The number of carbonyl (C=O) groups is 5. The molecule has 4 aromatic rings. The number of nitrogens with zero attached hydrogens (tertiary/aromatic N) is 4. The average molecular weight is 846 g/mol. The molecule has 5 heterocycles. The van der Waals surface area contributed by atoms with Crippen molar-refractivity contribution in [2.75, 3.05) is 30.3 Å². The molecule has 8 rings (SSSR count). The predicted molar refractivity (Wildman–Crippen MR) is 218 cm³/mol. The van der Waals surface area contributed by atoms with E-state index in [4.69, 9.17) is 4.98 Å². The molecule has 2 aromatic carbocycles. The Balaban J connectivity index is 0.835. The standard InChI is InChI=1S/C43H46F3N7O6S/c1-42(2,59)27-21-31-33(22-30(27)49-37(55)29-7-4-8-34(48-29)43(44,45)46)60-39(50-31)24-9-11-25(12-10-24)52-19-16-23(17-20-52)15-18-47-28-6-3-5-26-36(28)41(58)53(40(26)57)32-13-14-35(54)51-38(32)56/h3-8,21-25,32,47,59H,9-20H2,1-2H3,(H,49,55)(H,51,54,56)/t24-,25+,32?. The Kier molecular flexibility index (Phi) is 11.3. The summed E-state index contributed by atoms with van der Waals surface area (Å²) in [5.41, 5.74) is -0.473. The molecular formula is C43H46F3N7O6S. The van der Waals surface area contributed by atoms with E-state index in [9.17, 15) is 42.3 Å². The van der Waals surface area contributed by atoms with E-state index in [1.807, 2.05) is 0 Å².